The van der Waals surface area contributed by atoms with Crippen LogP contribution in [0.5, 0.6) is 0 Å². The van der Waals surface area contributed by atoms with Crippen molar-refractivity contribution in [3.05, 3.63) is 70.4 Å². The molecule has 1 amide bonds. The van der Waals surface area contributed by atoms with Gasteiger partial charge in [0, 0.05) is 25.3 Å². The largest absolute Gasteiger partial charge is 0.417 e. The van der Waals surface area contributed by atoms with Crippen LogP contribution in [0.4, 0.5) is 18.9 Å². The Morgan fingerprint density at radius 3 is 2.49 bits per heavy atom. The number of ether oxygens (including phenoxy) is 1. The maximum Gasteiger partial charge on any atom is 0.417 e. The van der Waals surface area contributed by atoms with Gasteiger partial charge in [-0.3, -0.25) is 14.7 Å². The highest BCUT2D eigenvalue weighted by Crippen LogP contribution is 2.32. The van der Waals surface area contributed by atoms with Gasteiger partial charge in [-0.25, -0.2) is 9.67 Å². The molecule has 0 bridgehead atoms. The Balaban J connectivity index is 1.28. The van der Waals surface area contributed by atoms with Crippen LogP contribution >= 0.6 is 0 Å². The van der Waals surface area contributed by atoms with Gasteiger partial charge in [-0.05, 0) is 69.4 Å². The minimum atomic E-state index is -4.48. The van der Waals surface area contributed by atoms with Gasteiger partial charge < -0.3 is 10.1 Å². The van der Waals surface area contributed by atoms with Crippen molar-refractivity contribution >= 4 is 17.2 Å². The highest BCUT2D eigenvalue weighted by atomic mass is 19.4. The lowest BCUT2D eigenvalue weighted by molar-refractivity contribution is -0.137. The molecule has 2 aliphatic rings. The normalized spacial score (nSPS) is 18.6. The number of anilines is 1. The topological polar surface area (TPSA) is 85.2 Å². The highest BCUT2D eigenvalue weighted by molar-refractivity contribution is 6.06. The van der Waals surface area contributed by atoms with E-state index in [1.807, 2.05) is 13.0 Å². The number of alkyl halides is 3. The Hall–Kier alpha value is -3.57. The summed E-state index contributed by atoms with van der Waals surface area (Å²) < 4.78 is 45.5. The van der Waals surface area contributed by atoms with Crippen molar-refractivity contribution in [3.63, 3.8) is 0 Å². The molecule has 4 heterocycles. The van der Waals surface area contributed by atoms with E-state index in [1.54, 1.807) is 20.0 Å². The molecule has 0 radical (unpaired) electrons. The molecule has 0 spiro atoms. The first-order valence-corrected chi connectivity index (χ1v) is 13.0. The Morgan fingerprint density at radius 1 is 1.10 bits per heavy atom. The van der Waals surface area contributed by atoms with Gasteiger partial charge in [-0.1, -0.05) is 6.08 Å². The van der Waals surface area contributed by atoms with Crippen LogP contribution in [0, 0.1) is 20.8 Å². The minimum absolute atomic E-state index is 0.195. The van der Waals surface area contributed by atoms with Gasteiger partial charge in [0.05, 0.1) is 53.3 Å². The Bertz CT molecular complexity index is 1390. The quantitative estimate of drug-likeness (QED) is 0.483. The van der Waals surface area contributed by atoms with Gasteiger partial charge in [0.25, 0.3) is 5.91 Å². The fourth-order valence-corrected chi connectivity index (χ4v) is 5.36. The third-order valence-corrected chi connectivity index (χ3v) is 7.40. The molecule has 5 rings (SSSR count). The van der Waals surface area contributed by atoms with E-state index in [1.165, 1.54) is 16.3 Å². The fraction of sp³-hybridized carbons (Fsp3) is 0.429. The second-order valence-electron chi connectivity index (χ2n) is 10.0. The number of amides is 1. The van der Waals surface area contributed by atoms with Crippen LogP contribution in [-0.2, 0) is 10.9 Å². The summed E-state index contributed by atoms with van der Waals surface area (Å²) in [7, 11) is 0. The summed E-state index contributed by atoms with van der Waals surface area (Å²) in [6.07, 6.45) is 3.25. The number of carbonyl (C=O) groups excluding carboxylic acids is 1. The monoisotopic (exact) mass is 540 g/mol. The molecule has 1 aliphatic heterocycles. The first-order valence-electron chi connectivity index (χ1n) is 13.0. The van der Waals surface area contributed by atoms with Crippen LogP contribution in [0.2, 0.25) is 0 Å². The molecular weight excluding hydrogens is 509 g/mol. The van der Waals surface area contributed by atoms with Gasteiger partial charge in [-0.2, -0.15) is 18.3 Å². The smallest absolute Gasteiger partial charge is 0.379 e. The maximum atomic E-state index is 13.2. The van der Waals surface area contributed by atoms with Crippen LogP contribution in [0.1, 0.15) is 57.8 Å². The zero-order valence-corrected chi connectivity index (χ0v) is 22.2. The number of allylic oxidation sites excluding steroid dienone is 1. The molecule has 1 saturated heterocycles. The summed E-state index contributed by atoms with van der Waals surface area (Å²) in [5.74, 6) is -0.177. The van der Waals surface area contributed by atoms with Crippen LogP contribution in [0.15, 0.2) is 36.7 Å². The van der Waals surface area contributed by atoms with Crippen molar-refractivity contribution in [1.82, 2.24) is 24.6 Å². The zero-order valence-electron chi connectivity index (χ0n) is 22.2. The maximum absolute atomic E-state index is 13.2. The number of rotatable bonds is 5. The van der Waals surface area contributed by atoms with E-state index < -0.39 is 11.7 Å². The standard InChI is InChI=1S/C28H31F3N6O2/c1-17-14-22(16-33-26(17)20-4-7-23(8-5-20)36-10-12-39-13-11-36)34-27(38)25-18(2)35-37(19(25)3)24-9-6-21(15-32-24)28(29,30)31/h4,6,9,14-16,23H,5,7-8,10-13H2,1-3H3,(H,34,38). The van der Waals surface area contributed by atoms with Crippen LogP contribution < -0.4 is 5.32 Å². The number of carbonyl (C=O) groups is 1. The molecule has 3 aromatic rings. The number of aromatic nitrogens is 4. The van der Waals surface area contributed by atoms with Gasteiger partial charge in [-0.15, -0.1) is 0 Å². The van der Waals surface area contributed by atoms with E-state index in [0.29, 0.717) is 28.7 Å². The van der Waals surface area contributed by atoms with E-state index in [9.17, 15) is 18.0 Å². The molecule has 1 fully saturated rings. The minimum Gasteiger partial charge on any atom is -0.379 e. The third kappa shape index (κ3) is 5.74. The molecule has 206 valence electrons. The van der Waals surface area contributed by atoms with Gasteiger partial charge >= 0.3 is 6.18 Å². The van der Waals surface area contributed by atoms with Crippen LogP contribution in [0.25, 0.3) is 11.4 Å². The highest BCUT2D eigenvalue weighted by Gasteiger charge is 2.31. The van der Waals surface area contributed by atoms with E-state index in [4.69, 9.17) is 4.74 Å². The zero-order chi connectivity index (χ0) is 27.7. The molecule has 11 heteroatoms. The summed E-state index contributed by atoms with van der Waals surface area (Å²) in [6.45, 7) is 8.91. The number of hydrogen-bond acceptors (Lipinski definition) is 6. The van der Waals surface area contributed by atoms with Crippen molar-refractivity contribution in [2.75, 3.05) is 31.6 Å². The molecular formula is C28H31F3N6O2. The average Bonchev–Trinajstić information content (AvgIpc) is 3.22. The molecule has 3 aromatic heterocycles. The molecule has 0 saturated carbocycles. The number of hydrogen-bond donors (Lipinski definition) is 1. The second kappa shape index (κ2) is 10.9. The number of pyridine rings is 2. The number of aryl methyl sites for hydroxylation is 2. The van der Waals surface area contributed by atoms with Crippen LogP contribution in [0.3, 0.4) is 0 Å². The molecule has 1 atom stereocenters. The SMILES string of the molecule is Cc1cc(NC(=O)c2c(C)nn(-c3ccc(C(F)(F)F)cn3)c2C)cnc1C1=CCC(N2CCOCC2)CC1. The molecule has 39 heavy (non-hydrogen) atoms. The second-order valence-corrected chi connectivity index (χ2v) is 10.0. The third-order valence-electron chi connectivity index (χ3n) is 7.40. The lowest BCUT2D eigenvalue weighted by Gasteiger charge is -2.36. The summed E-state index contributed by atoms with van der Waals surface area (Å²) in [6, 6.07) is 4.63. The lowest BCUT2D eigenvalue weighted by atomic mass is 9.90. The van der Waals surface area contributed by atoms with Crippen LogP contribution in [-0.4, -0.2) is 62.9 Å². The van der Waals surface area contributed by atoms with E-state index in [2.05, 4.69) is 31.4 Å². The van der Waals surface area contributed by atoms with E-state index >= 15 is 0 Å². The molecule has 0 aromatic carbocycles. The number of halogens is 3. The van der Waals surface area contributed by atoms with Gasteiger partial charge in [0.15, 0.2) is 5.82 Å². The first-order chi connectivity index (χ1) is 18.6. The summed E-state index contributed by atoms with van der Waals surface area (Å²) in [4.78, 5) is 24.3. The summed E-state index contributed by atoms with van der Waals surface area (Å²) in [5, 5.41) is 7.24. The fourth-order valence-electron chi connectivity index (χ4n) is 5.36. The number of nitrogens with one attached hydrogen (secondary N) is 1. The number of nitrogens with zero attached hydrogens (tertiary/aromatic N) is 5. The Labute approximate surface area is 224 Å². The summed E-state index contributed by atoms with van der Waals surface area (Å²) in [5.41, 5.74) is 4.11. The average molecular weight is 541 g/mol. The first kappa shape index (κ1) is 27.0. The molecule has 8 nitrogen and oxygen atoms in total. The van der Waals surface area contributed by atoms with Gasteiger partial charge in [0.1, 0.15) is 0 Å². The lowest BCUT2D eigenvalue weighted by Crippen LogP contribution is -2.43. The summed E-state index contributed by atoms with van der Waals surface area (Å²) >= 11 is 0. The molecule has 1 unspecified atom stereocenters. The molecule has 1 aliphatic carbocycles. The predicted octanol–water partition coefficient (Wildman–Crippen LogP) is 5.13. The van der Waals surface area contributed by atoms with Crippen molar-refractivity contribution in [2.24, 2.45) is 0 Å². The Kier molecular flexibility index (Phi) is 7.55. The predicted molar refractivity (Wildman–Crippen MR) is 141 cm³/mol. The van der Waals surface area contributed by atoms with Crippen molar-refractivity contribution in [2.45, 2.75) is 52.3 Å². The van der Waals surface area contributed by atoms with E-state index in [-0.39, 0.29) is 11.7 Å². The van der Waals surface area contributed by atoms with Crippen molar-refractivity contribution in [1.29, 1.82) is 0 Å². The molecule has 1 N–H and O–H groups in total. The number of morpholine rings is 1. The van der Waals surface area contributed by atoms with Gasteiger partial charge in [0.2, 0.25) is 0 Å². The van der Waals surface area contributed by atoms with E-state index in [0.717, 1.165) is 69.1 Å². The van der Waals surface area contributed by atoms with Crippen molar-refractivity contribution in [3.8, 4) is 5.82 Å². The Morgan fingerprint density at radius 2 is 1.87 bits per heavy atom. The van der Waals surface area contributed by atoms with Crippen molar-refractivity contribution < 1.29 is 22.7 Å².